The molecule has 1 unspecified atom stereocenters. The van der Waals surface area contributed by atoms with Crippen LogP contribution in [0.3, 0.4) is 0 Å². The highest BCUT2D eigenvalue weighted by Gasteiger charge is 2.48. The van der Waals surface area contributed by atoms with Crippen molar-refractivity contribution in [2.45, 2.75) is 45.8 Å². The smallest absolute Gasteiger partial charge is 0.338 e. The first-order valence-corrected chi connectivity index (χ1v) is 4.77. The quantitative estimate of drug-likeness (QED) is 0.538. The van der Waals surface area contributed by atoms with Gasteiger partial charge in [-0.05, 0) is 26.7 Å². The highest BCUT2D eigenvalue weighted by molar-refractivity contribution is 6.04. The molecule has 88 valence electrons. The average molecular weight is 217 g/mol. The van der Waals surface area contributed by atoms with Crippen molar-refractivity contribution in [1.82, 2.24) is 0 Å². The Bertz CT molecular complexity index is 267. The molecule has 0 fully saturated rings. The summed E-state index contributed by atoms with van der Waals surface area (Å²) in [6.07, 6.45) is 0. The molecule has 0 aromatic rings. The van der Waals surface area contributed by atoms with Gasteiger partial charge in [0.25, 0.3) is 0 Å². The minimum atomic E-state index is -1.98. The molecule has 0 bridgehead atoms. The van der Waals surface area contributed by atoms with Crippen LogP contribution in [0.5, 0.6) is 0 Å². The van der Waals surface area contributed by atoms with Gasteiger partial charge in [-0.15, -0.1) is 0 Å². The molecule has 1 atom stereocenters. The van der Waals surface area contributed by atoms with E-state index in [4.69, 9.17) is 15.6 Å². The highest BCUT2D eigenvalue weighted by Crippen LogP contribution is 2.20. The van der Waals surface area contributed by atoms with Crippen LogP contribution in [0.4, 0.5) is 0 Å². The number of nitrogens with two attached hydrogens (primary N) is 1. The maximum Gasteiger partial charge on any atom is 0.338 e. The van der Waals surface area contributed by atoms with Crippen LogP contribution in [0.2, 0.25) is 0 Å². The van der Waals surface area contributed by atoms with Gasteiger partial charge in [0.1, 0.15) is 5.60 Å². The Hall–Kier alpha value is -1.10. The zero-order chi connectivity index (χ0) is 12.4. The van der Waals surface area contributed by atoms with Crippen LogP contribution in [-0.4, -0.2) is 28.2 Å². The molecule has 0 aliphatic heterocycles. The van der Waals surface area contributed by atoms with E-state index in [2.05, 4.69) is 0 Å². The molecule has 0 aliphatic carbocycles. The van der Waals surface area contributed by atoms with E-state index in [1.165, 1.54) is 0 Å². The van der Waals surface area contributed by atoms with Gasteiger partial charge in [-0.25, -0.2) is 9.59 Å². The first-order valence-electron chi connectivity index (χ1n) is 4.77. The lowest BCUT2D eigenvalue weighted by Gasteiger charge is -2.30. The Labute approximate surface area is 89.6 Å². The molecule has 3 N–H and O–H groups in total. The van der Waals surface area contributed by atoms with E-state index in [9.17, 15) is 9.59 Å². The molecule has 0 rings (SSSR count). The molecule has 15 heavy (non-hydrogen) atoms. The van der Waals surface area contributed by atoms with Gasteiger partial charge in [-0.2, -0.15) is 0 Å². The first kappa shape index (κ1) is 13.9. The number of ether oxygens (including phenoxy) is 1. The first-order chi connectivity index (χ1) is 6.51. The van der Waals surface area contributed by atoms with E-state index < -0.39 is 29.0 Å². The summed E-state index contributed by atoms with van der Waals surface area (Å²) in [5.74, 6) is -2.81. The van der Waals surface area contributed by atoms with Gasteiger partial charge >= 0.3 is 11.9 Å². The fourth-order valence-electron chi connectivity index (χ4n) is 0.932. The minimum Gasteiger partial charge on any atom is -0.479 e. The van der Waals surface area contributed by atoms with Gasteiger partial charge in [-0.1, -0.05) is 13.8 Å². The van der Waals surface area contributed by atoms with Gasteiger partial charge in [0.15, 0.2) is 0 Å². The molecule has 0 amide bonds. The zero-order valence-corrected chi connectivity index (χ0v) is 9.83. The summed E-state index contributed by atoms with van der Waals surface area (Å²) in [6, 6.07) is 0. The Morgan fingerprint density at radius 3 is 1.87 bits per heavy atom. The van der Waals surface area contributed by atoms with Crippen LogP contribution in [0.25, 0.3) is 0 Å². The number of carboxylic acids is 1. The van der Waals surface area contributed by atoms with Crippen LogP contribution in [-0.2, 0) is 14.3 Å². The maximum atomic E-state index is 11.6. The number of rotatable bonds is 3. The Kier molecular flexibility index (Phi) is 3.88. The molecule has 0 saturated carbocycles. The molecular formula is C10H19NO4. The van der Waals surface area contributed by atoms with Gasteiger partial charge < -0.3 is 15.6 Å². The van der Waals surface area contributed by atoms with Crippen molar-refractivity contribution in [2.75, 3.05) is 0 Å². The van der Waals surface area contributed by atoms with Crippen LogP contribution >= 0.6 is 0 Å². The van der Waals surface area contributed by atoms with Crippen molar-refractivity contribution < 1.29 is 19.4 Å². The van der Waals surface area contributed by atoms with Crippen molar-refractivity contribution in [2.24, 2.45) is 11.7 Å². The largest absolute Gasteiger partial charge is 0.479 e. The lowest BCUT2D eigenvalue weighted by Crippen LogP contribution is -2.60. The standard InChI is InChI=1S/C10H19NO4/c1-6(2)10(11,7(12)13)8(14)15-9(3,4)5/h6H,11H2,1-5H3,(H,12,13). The zero-order valence-electron chi connectivity index (χ0n) is 9.83. The van der Waals surface area contributed by atoms with Gasteiger partial charge in [0.2, 0.25) is 5.54 Å². The molecule has 0 aromatic carbocycles. The summed E-state index contributed by atoms with van der Waals surface area (Å²) in [6.45, 7) is 8.12. The molecule has 5 nitrogen and oxygen atoms in total. The number of hydrogen-bond acceptors (Lipinski definition) is 4. The normalized spacial score (nSPS) is 15.9. The lowest BCUT2D eigenvalue weighted by atomic mass is 9.87. The third-order valence-corrected chi connectivity index (χ3v) is 2.00. The van der Waals surface area contributed by atoms with E-state index in [0.717, 1.165) is 0 Å². The number of hydrogen-bond donors (Lipinski definition) is 2. The van der Waals surface area contributed by atoms with Crippen LogP contribution in [0.15, 0.2) is 0 Å². The second-order valence-corrected chi connectivity index (χ2v) is 4.83. The van der Waals surface area contributed by atoms with E-state index in [1.807, 2.05) is 0 Å². The number of carbonyl (C=O) groups is 2. The number of aliphatic carboxylic acids is 1. The van der Waals surface area contributed by atoms with Crippen LogP contribution in [0, 0.1) is 5.92 Å². The summed E-state index contributed by atoms with van der Waals surface area (Å²) >= 11 is 0. The molecular weight excluding hydrogens is 198 g/mol. The Morgan fingerprint density at radius 2 is 1.67 bits per heavy atom. The summed E-state index contributed by atoms with van der Waals surface area (Å²) in [5.41, 5.74) is 2.84. The SMILES string of the molecule is CC(C)C(N)(C(=O)O)C(=O)OC(C)(C)C. The molecule has 0 radical (unpaired) electrons. The lowest BCUT2D eigenvalue weighted by molar-refractivity contribution is -0.171. The average Bonchev–Trinajstić information content (AvgIpc) is 1.98. The van der Waals surface area contributed by atoms with Crippen LogP contribution in [0.1, 0.15) is 34.6 Å². The topological polar surface area (TPSA) is 89.6 Å². The Balaban J connectivity index is 4.97. The summed E-state index contributed by atoms with van der Waals surface area (Å²) < 4.78 is 4.98. The molecule has 0 spiro atoms. The minimum absolute atomic E-state index is 0.537. The second-order valence-electron chi connectivity index (χ2n) is 4.83. The third kappa shape index (κ3) is 3.20. The molecule has 0 saturated heterocycles. The van der Waals surface area contributed by atoms with Crippen molar-refractivity contribution in [1.29, 1.82) is 0 Å². The number of carbonyl (C=O) groups excluding carboxylic acids is 1. The highest BCUT2D eigenvalue weighted by atomic mass is 16.6. The number of carboxylic acid groups (broad SMARTS) is 1. The predicted molar refractivity (Wildman–Crippen MR) is 55.2 cm³/mol. The van der Waals surface area contributed by atoms with Gasteiger partial charge in [0, 0.05) is 0 Å². The van der Waals surface area contributed by atoms with E-state index in [0.29, 0.717) is 0 Å². The third-order valence-electron chi connectivity index (χ3n) is 2.00. The molecule has 5 heteroatoms. The van der Waals surface area contributed by atoms with E-state index >= 15 is 0 Å². The fraction of sp³-hybridized carbons (Fsp3) is 0.800. The Morgan fingerprint density at radius 1 is 1.27 bits per heavy atom. The summed E-state index contributed by atoms with van der Waals surface area (Å²) in [4.78, 5) is 22.6. The van der Waals surface area contributed by atoms with E-state index in [-0.39, 0.29) is 0 Å². The van der Waals surface area contributed by atoms with Crippen LogP contribution < -0.4 is 5.73 Å². The fourth-order valence-corrected chi connectivity index (χ4v) is 0.932. The predicted octanol–water partition coefficient (Wildman–Crippen LogP) is 0.766. The molecule has 0 aromatic heterocycles. The summed E-state index contributed by atoms with van der Waals surface area (Å²) in [7, 11) is 0. The van der Waals surface area contributed by atoms with Gasteiger partial charge in [0.05, 0.1) is 0 Å². The van der Waals surface area contributed by atoms with Crippen molar-refractivity contribution in [3.8, 4) is 0 Å². The second kappa shape index (κ2) is 4.18. The number of esters is 1. The monoisotopic (exact) mass is 217 g/mol. The van der Waals surface area contributed by atoms with Crippen molar-refractivity contribution in [3.05, 3.63) is 0 Å². The maximum absolute atomic E-state index is 11.6. The molecule has 0 heterocycles. The van der Waals surface area contributed by atoms with E-state index in [1.54, 1.807) is 34.6 Å². The van der Waals surface area contributed by atoms with Gasteiger partial charge in [-0.3, -0.25) is 0 Å². The molecule has 0 aliphatic rings. The summed E-state index contributed by atoms with van der Waals surface area (Å²) in [5, 5.41) is 8.94. The van der Waals surface area contributed by atoms with Crippen molar-refractivity contribution >= 4 is 11.9 Å². The van der Waals surface area contributed by atoms with Crippen molar-refractivity contribution in [3.63, 3.8) is 0 Å².